The van der Waals surface area contributed by atoms with Crippen molar-refractivity contribution < 1.29 is 19.5 Å². The fourth-order valence-corrected chi connectivity index (χ4v) is 3.45. The highest BCUT2D eigenvalue weighted by molar-refractivity contribution is 5.84. The van der Waals surface area contributed by atoms with E-state index in [2.05, 4.69) is 17.4 Å². The first kappa shape index (κ1) is 18.4. The Kier molecular flexibility index (Phi) is 5.88. The molecule has 1 saturated heterocycles. The van der Waals surface area contributed by atoms with E-state index in [0.29, 0.717) is 32.1 Å². The molecule has 0 bridgehead atoms. The topological polar surface area (TPSA) is 89.9 Å². The van der Waals surface area contributed by atoms with Gasteiger partial charge in [-0.2, -0.15) is 0 Å². The van der Waals surface area contributed by atoms with Crippen LogP contribution in [0.3, 0.4) is 0 Å². The van der Waals surface area contributed by atoms with Gasteiger partial charge in [-0.15, -0.1) is 0 Å². The molecule has 0 spiro atoms. The van der Waals surface area contributed by atoms with Crippen LogP contribution in [0, 0.1) is 5.92 Å². The second-order valence-electron chi connectivity index (χ2n) is 6.89. The van der Waals surface area contributed by atoms with E-state index in [0.717, 1.165) is 6.42 Å². The molecule has 2 amide bonds. The van der Waals surface area contributed by atoms with Gasteiger partial charge in [-0.25, -0.2) is 0 Å². The summed E-state index contributed by atoms with van der Waals surface area (Å²) in [5.74, 6) is -0.313. The molecule has 3 rings (SSSR count). The lowest BCUT2D eigenvalue weighted by atomic mass is 10.1. The van der Waals surface area contributed by atoms with Crippen molar-refractivity contribution in [3.05, 3.63) is 35.9 Å². The van der Waals surface area contributed by atoms with Crippen LogP contribution < -0.4 is 5.32 Å². The van der Waals surface area contributed by atoms with Crippen molar-refractivity contribution in [1.82, 2.24) is 15.1 Å². The summed E-state index contributed by atoms with van der Waals surface area (Å²) in [6.07, 6.45) is 0.912. The van der Waals surface area contributed by atoms with Gasteiger partial charge in [0.1, 0.15) is 0 Å². The van der Waals surface area contributed by atoms with Crippen molar-refractivity contribution in [2.24, 2.45) is 5.92 Å². The third kappa shape index (κ3) is 4.60. The van der Waals surface area contributed by atoms with Crippen LogP contribution in [0.25, 0.3) is 0 Å². The Morgan fingerprint density at radius 2 is 1.69 bits per heavy atom. The minimum absolute atomic E-state index is 0.000467. The largest absolute Gasteiger partial charge is 0.481 e. The lowest BCUT2D eigenvalue weighted by molar-refractivity contribution is -0.140. The lowest BCUT2D eigenvalue weighted by Crippen LogP contribution is -2.52. The van der Waals surface area contributed by atoms with Gasteiger partial charge < -0.3 is 20.2 Å². The van der Waals surface area contributed by atoms with E-state index in [4.69, 9.17) is 5.11 Å². The number of rotatable bonds is 7. The number of nitrogens with zero attached hydrogens (tertiary/aromatic N) is 2. The number of benzene rings is 1. The Bertz CT molecular complexity index is 656. The Labute approximate surface area is 153 Å². The summed E-state index contributed by atoms with van der Waals surface area (Å²) in [6.45, 7) is 2.62. The molecule has 2 aliphatic rings. The normalized spacial score (nSPS) is 22.2. The molecular formula is C19H25N3O4. The molecular weight excluding hydrogens is 334 g/mol. The number of piperazine rings is 1. The molecule has 140 valence electrons. The highest BCUT2D eigenvalue weighted by Gasteiger charge is 2.46. The average molecular weight is 359 g/mol. The van der Waals surface area contributed by atoms with Crippen molar-refractivity contribution in [2.45, 2.75) is 18.8 Å². The minimum atomic E-state index is -0.883. The maximum atomic E-state index is 12.6. The number of carboxylic acid groups (broad SMARTS) is 1. The predicted octanol–water partition coefficient (Wildman–Crippen LogP) is 0.525. The summed E-state index contributed by atoms with van der Waals surface area (Å²) in [4.78, 5) is 38.8. The first-order valence-electron chi connectivity index (χ1n) is 9.10. The molecule has 2 N–H and O–H groups in total. The van der Waals surface area contributed by atoms with Gasteiger partial charge in [-0.3, -0.25) is 14.4 Å². The molecule has 26 heavy (non-hydrogen) atoms. The molecule has 2 fully saturated rings. The van der Waals surface area contributed by atoms with Crippen LogP contribution in [0.1, 0.15) is 24.3 Å². The van der Waals surface area contributed by atoms with Crippen LogP contribution in [-0.2, 0) is 14.4 Å². The smallest absolute Gasteiger partial charge is 0.304 e. The van der Waals surface area contributed by atoms with Crippen LogP contribution in [0.15, 0.2) is 30.3 Å². The van der Waals surface area contributed by atoms with Crippen molar-refractivity contribution in [2.75, 3.05) is 39.3 Å². The minimum Gasteiger partial charge on any atom is -0.481 e. The number of hydrogen-bond acceptors (Lipinski definition) is 4. The second-order valence-corrected chi connectivity index (χ2v) is 6.89. The third-order valence-corrected chi connectivity index (χ3v) is 5.07. The Balaban J connectivity index is 1.39. The Morgan fingerprint density at radius 1 is 1.04 bits per heavy atom. The highest BCUT2D eigenvalue weighted by Crippen LogP contribution is 2.48. The fourth-order valence-electron chi connectivity index (χ4n) is 3.45. The van der Waals surface area contributed by atoms with E-state index in [1.807, 2.05) is 23.1 Å². The molecule has 1 heterocycles. The molecule has 7 heteroatoms. The van der Waals surface area contributed by atoms with Crippen LogP contribution in [0.4, 0.5) is 0 Å². The summed E-state index contributed by atoms with van der Waals surface area (Å²) in [7, 11) is 0. The molecule has 0 aromatic heterocycles. The van der Waals surface area contributed by atoms with Gasteiger partial charge >= 0.3 is 5.97 Å². The first-order valence-corrected chi connectivity index (χ1v) is 9.10. The summed E-state index contributed by atoms with van der Waals surface area (Å²) in [5, 5.41) is 11.4. The van der Waals surface area contributed by atoms with E-state index < -0.39 is 5.97 Å². The molecule has 1 saturated carbocycles. The number of carbonyl (C=O) groups excluding carboxylic acids is 2. The number of aliphatic carboxylic acids is 1. The zero-order valence-electron chi connectivity index (χ0n) is 14.8. The van der Waals surface area contributed by atoms with Gasteiger partial charge in [0.25, 0.3) is 0 Å². The van der Waals surface area contributed by atoms with Crippen molar-refractivity contribution in [1.29, 1.82) is 0 Å². The molecule has 1 aliphatic heterocycles. The summed E-state index contributed by atoms with van der Waals surface area (Å²) in [5.41, 5.74) is 1.23. The van der Waals surface area contributed by atoms with Gasteiger partial charge in [0.2, 0.25) is 11.8 Å². The second kappa shape index (κ2) is 8.31. The van der Waals surface area contributed by atoms with Gasteiger partial charge in [-0.1, -0.05) is 30.3 Å². The highest BCUT2D eigenvalue weighted by atomic mass is 16.4. The molecule has 1 aromatic carbocycles. The van der Waals surface area contributed by atoms with Crippen LogP contribution in [0.5, 0.6) is 0 Å². The molecule has 1 aliphatic carbocycles. The zero-order chi connectivity index (χ0) is 18.5. The fraction of sp³-hybridized carbons (Fsp3) is 0.526. The van der Waals surface area contributed by atoms with E-state index in [1.165, 1.54) is 5.56 Å². The average Bonchev–Trinajstić information content (AvgIpc) is 3.46. The van der Waals surface area contributed by atoms with Crippen LogP contribution >= 0.6 is 0 Å². The third-order valence-electron chi connectivity index (χ3n) is 5.07. The number of carboxylic acids is 1. The predicted molar refractivity (Wildman–Crippen MR) is 95.6 cm³/mol. The van der Waals surface area contributed by atoms with Crippen LogP contribution in [0.2, 0.25) is 0 Å². The first-order chi connectivity index (χ1) is 12.6. The number of hydrogen-bond donors (Lipinski definition) is 2. The maximum absolute atomic E-state index is 12.6. The van der Waals surface area contributed by atoms with E-state index in [-0.39, 0.29) is 37.2 Å². The van der Waals surface area contributed by atoms with Crippen molar-refractivity contribution >= 4 is 17.8 Å². The lowest BCUT2D eigenvalue weighted by Gasteiger charge is -2.35. The summed E-state index contributed by atoms with van der Waals surface area (Å²) in [6, 6.07) is 10.1. The van der Waals surface area contributed by atoms with Gasteiger partial charge in [0, 0.05) is 38.6 Å². The van der Waals surface area contributed by atoms with E-state index in [9.17, 15) is 14.4 Å². The summed E-state index contributed by atoms with van der Waals surface area (Å²) < 4.78 is 0. The number of carbonyl (C=O) groups is 3. The van der Waals surface area contributed by atoms with Gasteiger partial charge in [0.05, 0.1) is 13.0 Å². The van der Waals surface area contributed by atoms with Crippen molar-refractivity contribution in [3.63, 3.8) is 0 Å². The molecule has 1 aromatic rings. The van der Waals surface area contributed by atoms with Crippen LogP contribution in [-0.4, -0.2) is 72.0 Å². The Morgan fingerprint density at radius 3 is 2.35 bits per heavy atom. The van der Waals surface area contributed by atoms with Gasteiger partial charge in [0.15, 0.2) is 0 Å². The molecule has 0 radical (unpaired) electrons. The Hall–Kier alpha value is -2.41. The van der Waals surface area contributed by atoms with Crippen molar-refractivity contribution in [3.8, 4) is 0 Å². The molecule has 0 unspecified atom stereocenters. The zero-order valence-corrected chi connectivity index (χ0v) is 14.8. The molecule has 7 nitrogen and oxygen atoms in total. The summed E-state index contributed by atoms with van der Waals surface area (Å²) >= 11 is 0. The standard InChI is InChI=1S/C19H25N3O4/c23-17(13-20-7-6-18(24)25)21-8-10-22(11-9-21)19(26)16-12-15(16)14-4-2-1-3-5-14/h1-5,15-16,20H,6-13H2,(H,24,25)/t15-,16+/m0/s1. The maximum Gasteiger partial charge on any atom is 0.304 e. The van der Waals surface area contributed by atoms with Gasteiger partial charge in [-0.05, 0) is 17.9 Å². The number of nitrogens with one attached hydrogen (secondary N) is 1. The monoisotopic (exact) mass is 359 g/mol. The number of amides is 2. The van der Waals surface area contributed by atoms with E-state index in [1.54, 1.807) is 4.90 Å². The quantitative estimate of drug-likeness (QED) is 0.693. The molecule has 2 atom stereocenters. The SMILES string of the molecule is O=C(O)CCNCC(=O)N1CCN(C(=O)[C@@H]2C[C@H]2c2ccccc2)CC1. The van der Waals surface area contributed by atoms with E-state index >= 15 is 0 Å².